The lowest BCUT2D eigenvalue weighted by Gasteiger charge is -2.34. The van der Waals surface area contributed by atoms with Crippen LogP contribution in [0.25, 0.3) is 0 Å². The Morgan fingerprint density at radius 1 is 1.32 bits per heavy atom. The summed E-state index contributed by atoms with van der Waals surface area (Å²) in [6.07, 6.45) is 3.43. The number of hydrazine groups is 1. The minimum absolute atomic E-state index is 0.105. The van der Waals surface area contributed by atoms with E-state index in [1.54, 1.807) is 0 Å². The first-order valence-corrected chi connectivity index (χ1v) is 7.68. The maximum atomic E-state index is 12.4. The second-order valence-electron chi connectivity index (χ2n) is 4.99. The van der Waals surface area contributed by atoms with Crippen LogP contribution in [0.4, 0.5) is 5.95 Å². The molecule has 2 atom stereocenters. The van der Waals surface area contributed by atoms with Gasteiger partial charge in [0, 0.05) is 13.1 Å². The van der Waals surface area contributed by atoms with Gasteiger partial charge in [-0.3, -0.25) is 5.43 Å². The summed E-state index contributed by atoms with van der Waals surface area (Å²) in [7, 11) is -3.50. The molecule has 1 aliphatic rings. The van der Waals surface area contributed by atoms with Crippen molar-refractivity contribution >= 4 is 16.0 Å². The molecule has 1 fully saturated rings. The molecule has 0 aliphatic carbocycles. The molecule has 0 saturated carbocycles. The summed E-state index contributed by atoms with van der Waals surface area (Å²) in [4.78, 5) is 7.78. The summed E-state index contributed by atoms with van der Waals surface area (Å²) >= 11 is 0. The lowest BCUT2D eigenvalue weighted by atomic mass is 9.90. The summed E-state index contributed by atoms with van der Waals surface area (Å²) in [5, 5.41) is 0. The summed E-state index contributed by atoms with van der Waals surface area (Å²) < 4.78 is 26.4. The van der Waals surface area contributed by atoms with E-state index in [0.717, 1.165) is 6.42 Å². The van der Waals surface area contributed by atoms with Crippen LogP contribution < -0.4 is 11.3 Å². The van der Waals surface area contributed by atoms with E-state index in [4.69, 9.17) is 5.84 Å². The molecule has 19 heavy (non-hydrogen) atoms. The molecule has 1 aromatic rings. The molecule has 1 aromatic heterocycles. The van der Waals surface area contributed by atoms with Crippen LogP contribution in [0.15, 0.2) is 17.3 Å². The monoisotopic (exact) mass is 285 g/mol. The average Bonchev–Trinajstić information content (AvgIpc) is 2.41. The van der Waals surface area contributed by atoms with Gasteiger partial charge in [-0.15, -0.1) is 0 Å². The molecule has 0 radical (unpaired) electrons. The minimum Gasteiger partial charge on any atom is -0.292 e. The maximum Gasteiger partial charge on any atom is 0.246 e. The van der Waals surface area contributed by atoms with Crippen molar-refractivity contribution < 1.29 is 8.42 Å². The van der Waals surface area contributed by atoms with Crippen molar-refractivity contribution in [3.8, 4) is 0 Å². The van der Waals surface area contributed by atoms with E-state index in [0.29, 0.717) is 24.9 Å². The summed E-state index contributed by atoms with van der Waals surface area (Å²) in [6, 6.07) is 0. The predicted molar refractivity (Wildman–Crippen MR) is 71.5 cm³/mol. The van der Waals surface area contributed by atoms with Gasteiger partial charge in [-0.25, -0.2) is 24.2 Å². The van der Waals surface area contributed by atoms with Gasteiger partial charge in [0.05, 0.1) is 12.4 Å². The highest BCUT2D eigenvalue weighted by Crippen LogP contribution is 2.26. The van der Waals surface area contributed by atoms with Crippen molar-refractivity contribution in [3.63, 3.8) is 0 Å². The number of piperidine rings is 1. The number of nitrogens with zero attached hydrogens (tertiary/aromatic N) is 3. The molecule has 3 N–H and O–H groups in total. The Morgan fingerprint density at radius 3 is 2.47 bits per heavy atom. The molecule has 106 valence electrons. The smallest absolute Gasteiger partial charge is 0.246 e. The number of nitrogen functional groups attached to an aromatic ring is 1. The topological polar surface area (TPSA) is 101 Å². The van der Waals surface area contributed by atoms with Crippen LogP contribution in [0.2, 0.25) is 0 Å². The molecule has 0 amide bonds. The van der Waals surface area contributed by atoms with E-state index >= 15 is 0 Å². The molecule has 1 aliphatic heterocycles. The normalized spacial score (nSPS) is 25.2. The van der Waals surface area contributed by atoms with Crippen LogP contribution in [0.1, 0.15) is 20.3 Å². The minimum atomic E-state index is -3.50. The zero-order valence-corrected chi connectivity index (χ0v) is 11.9. The van der Waals surface area contributed by atoms with E-state index in [9.17, 15) is 8.42 Å². The third-order valence-corrected chi connectivity index (χ3v) is 5.51. The first-order valence-electron chi connectivity index (χ1n) is 6.24. The standard InChI is InChI=1S/C11H19N5O2S/c1-8-3-4-16(7-9(8)2)19(17,18)10-5-13-11(15-12)14-6-10/h5-6,8-9H,3-4,7,12H2,1-2H3,(H,13,14,15). The molecule has 2 unspecified atom stereocenters. The van der Waals surface area contributed by atoms with Crippen molar-refractivity contribution in [1.82, 2.24) is 14.3 Å². The van der Waals surface area contributed by atoms with Gasteiger partial charge in [-0.2, -0.15) is 4.31 Å². The molecule has 2 heterocycles. The van der Waals surface area contributed by atoms with Gasteiger partial charge in [0.1, 0.15) is 4.90 Å². The van der Waals surface area contributed by atoms with Gasteiger partial charge in [-0.1, -0.05) is 13.8 Å². The van der Waals surface area contributed by atoms with Crippen molar-refractivity contribution in [2.45, 2.75) is 25.2 Å². The van der Waals surface area contributed by atoms with Gasteiger partial charge in [0.2, 0.25) is 16.0 Å². The highest BCUT2D eigenvalue weighted by atomic mass is 32.2. The fraction of sp³-hybridized carbons (Fsp3) is 0.636. The quantitative estimate of drug-likeness (QED) is 0.617. The highest BCUT2D eigenvalue weighted by Gasteiger charge is 2.32. The van der Waals surface area contributed by atoms with Gasteiger partial charge < -0.3 is 0 Å². The van der Waals surface area contributed by atoms with Crippen LogP contribution >= 0.6 is 0 Å². The Kier molecular flexibility index (Phi) is 4.02. The second-order valence-corrected chi connectivity index (χ2v) is 6.93. The van der Waals surface area contributed by atoms with E-state index in [1.165, 1.54) is 16.7 Å². The molecule has 7 nitrogen and oxygen atoms in total. The Labute approximate surface area is 113 Å². The van der Waals surface area contributed by atoms with Crippen LogP contribution in [0.3, 0.4) is 0 Å². The molecular weight excluding hydrogens is 266 g/mol. The molecular formula is C11H19N5O2S. The first kappa shape index (κ1) is 14.2. The number of aromatic nitrogens is 2. The Bertz CT molecular complexity index is 531. The largest absolute Gasteiger partial charge is 0.292 e. The highest BCUT2D eigenvalue weighted by molar-refractivity contribution is 7.89. The van der Waals surface area contributed by atoms with Gasteiger partial charge in [0.15, 0.2) is 0 Å². The third kappa shape index (κ3) is 2.85. The molecule has 2 rings (SSSR count). The van der Waals surface area contributed by atoms with Crippen LogP contribution in [-0.2, 0) is 10.0 Å². The van der Waals surface area contributed by atoms with E-state index in [1.807, 2.05) is 0 Å². The Balaban J connectivity index is 2.21. The third-order valence-electron chi connectivity index (χ3n) is 3.69. The second kappa shape index (κ2) is 5.40. The van der Waals surface area contributed by atoms with Gasteiger partial charge in [0.25, 0.3) is 0 Å². The molecule has 0 bridgehead atoms. The molecule has 1 saturated heterocycles. The van der Waals surface area contributed by atoms with Gasteiger partial charge >= 0.3 is 0 Å². The Hall–Kier alpha value is -1.25. The zero-order chi connectivity index (χ0) is 14.0. The SMILES string of the molecule is CC1CCN(S(=O)(=O)c2cnc(NN)nc2)CC1C. The number of anilines is 1. The van der Waals surface area contributed by atoms with Crippen molar-refractivity contribution in [2.75, 3.05) is 18.5 Å². The predicted octanol–water partition coefficient (Wildman–Crippen LogP) is 0.429. The van der Waals surface area contributed by atoms with E-state index in [-0.39, 0.29) is 10.8 Å². The number of nitrogens with one attached hydrogen (secondary N) is 1. The Morgan fingerprint density at radius 2 is 1.95 bits per heavy atom. The lowest BCUT2D eigenvalue weighted by Crippen LogP contribution is -2.42. The fourth-order valence-electron chi connectivity index (χ4n) is 2.12. The molecule has 8 heteroatoms. The number of nitrogens with two attached hydrogens (primary N) is 1. The molecule has 0 aromatic carbocycles. The van der Waals surface area contributed by atoms with E-state index in [2.05, 4.69) is 29.2 Å². The summed E-state index contributed by atoms with van der Waals surface area (Å²) in [5.41, 5.74) is 2.27. The first-order chi connectivity index (χ1) is 8.95. The van der Waals surface area contributed by atoms with Crippen LogP contribution in [0.5, 0.6) is 0 Å². The average molecular weight is 285 g/mol. The number of hydrogen-bond acceptors (Lipinski definition) is 6. The van der Waals surface area contributed by atoms with Crippen LogP contribution in [0, 0.1) is 11.8 Å². The summed E-state index contributed by atoms with van der Waals surface area (Å²) in [5.74, 6) is 6.25. The van der Waals surface area contributed by atoms with E-state index < -0.39 is 10.0 Å². The number of sulfonamides is 1. The number of hydrogen-bond donors (Lipinski definition) is 2. The van der Waals surface area contributed by atoms with Crippen molar-refractivity contribution in [2.24, 2.45) is 17.7 Å². The fourth-order valence-corrected chi connectivity index (χ4v) is 3.56. The molecule has 0 spiro atoms. The number of rotatable bonds is 3. The summed E-state index contributed by atoms with van der Waals surface area (Å²) in [6.45, 7) is 5.31. The van der Waals surface area contributed by atoms with Crippen molar-refractivity contribution in [1.29, 1.82) is 0 Å². The van der Waals surface area contributed by atoms with Crippen molar-refractivity contribution in [3.05, 3.63) is 12.4 Å². The van der Waals surface area contributed by atoms with Gasteiger partial charge in [-0.05, 0) is 18.3 Å². The van der Waals surface area contributed by atoms with Crippen LogP contribution in [-0.4, -0.2) is 35.8 Å². The lowest BCUT2D eigenvalue weighted by molar-refractivity contribution is 0.212. The maximum absolute atomic E-state index is 12.4. The zero-order valence-electron chi connectivity index (χ0n) is 11.1.